The summed E-state index contributed by atoms with van der Waals surface area (Å²) in [5.41, 5.74) is 2.20. The molecule has 0 atom stereocenters. The number of rotatable bonds is 5. The fraction of sp³-hybridized carbons (Fsp3) is 0.353. The first kappa shape index (κ1) is 15.3. The van der Waals surface area contributed by atoms with Crippen molar-refractivity contribution < 1.29 is 9.59 Å². The minimum absolute atomic E-state index is 0.0401. The Morgan fingerprint density at radius 2 is 2.17 bits per heavy atom. The summed E-state index contributed by atoms with van der Waals surface area (Å²) in [6.45, 7) is 0.491. The first-order valence-electron chi connectivity index (χ1n) is 7.67. The van der Waals surface area contributed by atoms with Gasteiger partial charge in [-0.3, -0.25) is 14.3 Å². The molecule has 6 heteroatoms. The van der Waals surface area contributed by atoms with Crippen molar-refractivity contribution in [1.29, 1.82) is 0 Å². The lowest BCUT2D eigenvalue weighted by molar-refractivity contribution is -0.117. The Labute approximate surface area is 135 Å². The number of aryl methyl sites for hydroxylation is 1. The Kier molecular flexibility index (Phi) is 4.14. The number of aromatic nitrogens is 2. The molecule has 2 amide bonds. The fourth-order valence-electron chi connectivity index (χ4n) is 2.44. The van der Waals surface area contributed by atoms with E-state index in [1.807, 2.05) is 13.2 Å². The highest BCUT2D eigenvalue weighted by molar-refractivity contribution is 5.98. The quantitative estimate of drug-likeness (QED) is 0.918. The number of amides is 2. The average Bonchev–Trinajstić information content (AvgIpc) is 3.30. The van der Waals surface area contributed by atoms with Crippen molar-refractivity contribution in [3.63, 3.8) is 0 Å². The maximum Gasteiger partial charge on any atom is 0.253 e. The third-order valence-corrected chi connectivity index (χ3v) is 3.85. The second-order valence-electron chi connectivity index (χ2n) is 6.03. The highest BCUT2D eigenvalue weighted by atomic mass is 16.2. The standard InChI is InChI=1S/C17H20N4O2/c1-20(10-12-9-18-21(2)11-12)17(23)14-4-3-5-15(8-14)19-16(22)13-6-7-13/h3-5,8-9,11,13H,6-7,10H2,1-2H3,(H,19,22). The van der Waals surface area contributed by atoms with E-state index in [0.29, 0.717) is 17.8 Å². The number of hydrogen-bond acceptors (Lipinski definition) is 3. The molecule has 1 aliphatic rings. The van der Waals surface area contributed by atoms with E-state index in [9.17, 15) is 9.59 Å². The molecule has 1 aromatic heterocycles. The first-order valence-corrected chi connectivity index (χ1v) is 7.67. The summed E-state index contributed by atoms with van der Waals surface area (Å²) in [5, 5.41) is 6.97. The van der Waals surface area contributed by atoms with Crippen LogP contribution in [0.2, 0.25) is 0 Å². The van der Waals surface area contributed by atoms with Gasteiger partial charge in [-0.25, -0.2) is 0 Å². The Bertz CT molecular complexity index is 734. The van der Waals surface area contributed by atoms with E-state index in [0.717, 1.165) is 18.4 Å². The molecule has 0 bridgehead atoms. The highest BCUT2D eigenvalue weighted by Crippen LogP contribution is 2.30. The molecule has 1 saturated carbocycles. The minimum atomic E-state index is -0.0867. The summed E-state index contributed by atoms with van der Waals surface area (Å²) in [5.74, 6) is 0.0947. The maximum atomic E-state index is 12.5. The highest BCUT2D eigenvalue weighted by Gasteiger charge is 2.29. The van der Waals surface area contributed by atoms with Crippen LogP contribution in [0.25, 0.3) is 0 Å². The Morgan fingerprint density at radius 3 is 2.83 bits per heavy atom. The zero-order valence-electron chi connectivity index (χ0n) is 13.3. The normalized spacial score (nSPS) is 13.7. The van der Waals surface area contributed by atoms with Gasteiger partial charge in [0.25, 0.3) is 5.91 Å². The molecule has 1 fully saturated rings. The Morgan fingerprint density at radius 1 is 1.39 bits per heavy atom. The van der Waals surface area contributed by atoms with Gasteiger partial charge in [0, 0.05) is 49.6 Å². The smallest absolute Gasteiger partial charge is 0.253 e. The van der Waals surface area contributed by atoms with Crippen LogP contribution >= 0.6 is 0 Å². The third-order valence-electron chi connectivity index (χ3n) is 3.85. The number of nitrogens with one attached hydrogen (secondary N) is 1. The van der Waals surface area contributed by atoms with E-state index in [2.05, 4.69) is 10.4 Å². The molecule has 120 valence electrons. The molecule has 0 unspecified atom stereocenters. The van der Waals surface area contributed by atoms with Gasteiger partial charge in [0.2, 0.25) is 5.91 Å². The number of hydrogen-bond donors (Lipinski definition) is 1. The molecular weight excluding hydrogens is 292 g/mol. The predicted octanol–water partition coefficient (Wildman–Crippen LogP) is 2.04. The SMILES string of the molecule is CN(Cc1cnn(C)c1)C(=O)c1cccc(NC(=O)C2CC2)c1. The van der Waals surface area contributed by atoms with Crippen molar-refractivity contribution in [1.82, 2.24) is 14.7 Å². The fourth-order valence-corrected chi connectivity index (χ4v) is 2.44. The summed E-state index contributed by atoms with van der Waals surface area (Å²) < 4.78 is 1.71. The predicted molar refractivity (Wildman–Crippen MR) is 86.8 cm³/mol. The van der Waals surface area contributed by atoms with Gasteiger partial charge in [0.15, 0.2) is 0 Å². The Balaban J connectivity index is 1.67. The van der Waals surface area contributed by atoms with Crippen LogP contribution in [0.5, 0.6) is 0 Å². The monoisotopic (exact) mass is 312 g/mol. The van der Waals surface area contributed by atoms with Crippen molar-refractivity contribution in [3.8, 4) is 0 Å². The number of benzene rings is 1. The molecule has 3 rings (SSSR count). The van der Waals surface area contributed by atoms with Crippen molar-refractivity contribution in [3.05, 3.63) is 47.8 Å². The summed E-state index contributed by atoms with van der Waals surface area (Å²) >= 11 is 0. The molecule has 0 aliphatic heterocycles. The van der Waals surface area contributed by atoms with Gasteiger partial charge in [-0.2, -0.15) is 5.10 Å². The average molecular weight is 312 g/mol. The molecule has 1 aliphatic carbocycles. The first-order chi connectivity index (χ1) is 11.0. The van der Waals surface area contributed by atoms with Crippen LogP contribution in [0, 0.1) is 5.92 Å². The summed E-state index contributed by atoms with van der Waals surface area (Å²) in [6.07, 6.45) is 5.54. The molecule has 0 spiro atoms. The van der Waals surface area contributed by atoms with Crippen LogP contribution in [0.3, 0.4) is 0 Å². The van der Waals surface area contributed by atoms with Gasteiger partial charge in [0.1, 0.15) is 0 Å². The molecule has 0 radical (unpaired) electrons. The van der Waals surface area contributed by atoms with E-state index in [1.54, 1.807) is 47.1 Å². The lowest BCUT2D eigenvalue weighted by Crippen LogP contribution is -2.26. The van der Waals surface area contributed by atoms with E-state index in [1.165, 1.54) is 0 Å². The molecule has 6 nitrogen and oxygen atoms in total. The molecule has 1 aromatic carbocycles. The van der Waals surface area contributed by atoms with Gasteiger partial charge in [-0.15, -0.1) is 0 Å². The topological polar surface area (TPSA) is 67.2 Å². The number of carbonyl (C=O) groups excluding carboxylic acids is 2. The number of carbonyl (C=O) groups is 2. The molecule has 1 heterocycles. The van der Waals surface area contributed by atoms with Gasteiger partial charge in [-0.05, 0) is 31.0 Å². The Hall–Kier alpha value is -2.63. The van der Waals surface area contributed by atoms with Crippen molar-refractivity contribution >= 4 is 17.5 Å². The minimum Gasteiger partial charge on any atom is -0.337 e. The van der Waals surface area contributed by atoms with Crippen molar-refractivity contribution in [2.45, 2.75) is 19.4 Å². The molecule has 1 N–H and O–H groups in total. The summed E-state index contributed by atoms with van der Waals surface area (Å²) in [6, 6.07) is 7.07. The van der Waals surface area contributed by atoms with E-state index < -0.39 is 0 Å². The summed E-state index contributed by atoms with van der Waals surface area (Å²) in [4.78, 5) is 26.0. The lowest BCUT2D eigenvalue weighted by atomic mass is 10.1. The van der Waals surface area contributed by atoms with Crippen LogP contribution in [0.1, 0.15) is 28.8 Å². The van der Waals surface area contributed by atoms with Gasteiger partial charge in [-0.1, -0.05) is 6.07 Å². The van der Waals surface area contributed by atoms with E-state index in [-0.39, 0.29) is 17.7 Å². The molecule has 23 heavy (non-hydrogen) atoms. The molecule has 2 aromatic rings. The van der Waals surface area contributed by atoms with E-state index >= 15 is 0 Å². The number of nitrogens with zero attached hydrogens (tertiary/aromatic N) is 3. The zero-order valence-corrected chi connectivity index (χ0v) is 13.3. The van der Waals surface area contributed by atoms with Crippen LogP contribution in [-0.4, -0.2) is 33.5 Å². The van der Waals surface area contributed by atoms with E-state index in [4.69, 9.17) is 0 Å². The summed E-state index contributed by atoms with van der Waals surface area (Å²) in [7, 11) is 3.60. The van der Waals surface area contributed by atoms with Crippen LogP contribution in [-0.2, 0) is 18.4 Å². The van der Waals surface area contributed by atoms with Crippen molar-refractivity contribution in [2.24, 2.45) is 13.0 Å². The second-order valence-corrected chi connectivity index (χ2v) is 6.03. The number of anilines is 1. The van der Waals surface area contributed by atoms with Crippen LogP contribution < -0.4 is 5.32 Å². The van der Waals surface area contributed by atoms with Crippen LogP contribution in [0.4, 0.5) is 5.69 Å². The molecule has 0 saturated heterocycles. The van der Waals surface area contributed by atoms with Gasteiger partial charge < -0.3 is 10.2 Å². The maximum absolute atomic E-state index is 12.5. The van der Waals surface area contributed by atoms with Gasteiger partial charge >= 0.3 is 0 Å². The van der Waals surface area contributed by atoms with Gasteiger partial charge in [0.05, 0.1) is 6.20 Å². The molecular formula is C17H20N4O2. The lowest BCUT2D eigenvalue weighted by Gasteiger charge is -2.17. The zero-order chi connectivity index (χ0) is 16.4. The largest absolute Gasteiger partial charge is 0.337 e. The van der Waals surface area contributed by atoms with Crippen LogP contribution in [0.15, 0.2) is 36.7 Å². The second kappa shape index (κ2) is 6.24. The van der Waals surface area contributed by atoms with Crippen molar-refractivity contribution in [2.75, 3.05) is 12.4 Å². The third kappa shape index (κ3) is 3.77.